The van der Waals surface area contributed by atoms with Crippen molar-refractivity contribution in [1.82, 2.24) is 9.13 Å². The number of fused-ring (bicyclic) bond motifs is 6. The normalized spacial score (nSPS) is 11.6. The summed E-state index contributed by atoms with van der Waals surface area (Å²) in [7, 11) is 0. The third-order valence-electron chi connectivity index (χ3n) is 10.1. The maximum Gasteiger partial charge on any atom is 0.0541 e. The molecule has 2 heterocycles. The van der Waals surface area contributed by atoms with Crippen LogP contribution in [0, 0.1) is 0 Å². The number of para-hydroxylation sites is 4. The summed E-state index contributed by atoms with van der Waals surface area (Å²) in [6.07, 6.45) is 0. The van der Waals surface area contributed by atoms with Gasteiger partial charge in [-0.15, -0.1) is 0 Å². The molecule has 2 aromatic heterocycles. The van der Waals surface area contributed by atoms with Gasteiger partial charge in [-0.05, 0) is 81.9 Å². The molecule has 0 radical (unpaired) electrons. The number of aromatic nitrogens is 2. The Morgan fingerprint density at radius 2 is 0.540 bits per heavy atom. The van der Waals surface area contributed by atoms with Gasteiger partial charge in [0.25, 0.3) is 0 Å². The number of hydrogen-bond donors (Lipinski definition) is 0. The van der Waals surface area contributed by atoms with Crippen LogP contribution in [-0.4, -0.2) is 9.13 Å². The number of rotatable bonds is 5. The van der Waals surface area contributed by atoms with E-state index in [0.29, 0.717) is 0 Å². The van der Waals surface area contributed by atoms with E-state index >= 15 is 0 Å². The molecule has 0 saturated carbocycles. The lowest BCUT2D eigenvalue weighted by molar-refractivity contribution is 1.17. The summed E-state index contributed by atoms with van der Waals surface area (Å²) in [6.45, 7) is 0. The molecule has 2 nitrogen and oxygen atoms in total. The second kappa shape index (κ2) is 11.5. The lowest BCUT2D eigenvalue weighted by Gasteiger charge is -2.19. The van der Waals surface area contributed by atoms with Crippen molar-refractivity contribution in [2.45, 2.75) is 0 Å². The number of benzene rings is 8. The van der Waals surface area contributed by atoms with Crippen molar-refractivity contribution < 1.29 is 0 Å². The van der Waals surface area contributed by atoms with Crippen molar-refractivity contribution in [3.05, 3.63) is 194 Å². The lowest BCUT2D eigenvalue weighted by atomic mass is 9.88. The third-order valence-corrected chi connectivity index (χ3v) is 10.1. The van der Waals surface area contributed by atoms with Gasteiger partial charge in [0.1, 0.15) is 0 Å². The van der Waals surface area contributed by atoms with E-state index in [1.54, 1.807) is 0 Å². The van der Waals surface area contributed by atoms with Crippen LogP contribution >= 0.6 is 0 Å². The summed E-state index contributed by atoms with van der Waals surface area (Å²) in [5, 5.41) is 5.04. The first-order valence-electron chi connectivity index (χ1n) is 17.2. The van der Waals surface area contributed by atoms with Crippen LogP contribution in [0.2, 0.25) is 0 Å². The van der Waals surface area contributed by atoms with Gasteiger partial charge in [-0.2, -0.15) is 0 Å². The molecule has 10 aromatic rings. The molecule has 0 aliphatic rings. The molecule has 0 aliphatic carbocycles. The monoisotopic (exact) mass is 636 g/mol. The average molecular weight is 637 g/mol. The molecule has 0 amide bonds. The summed E-state index contributed by atoms with van der Waals surface area (Å²) >= 11 is 0. The fourth-order valence-corrected chi connectivity index (χ4v) is 7.93. The summed E-state index contributed by atoms with van der Waals surface area (Å²) < 4.78 is 4.84. The van der Waals surface area contributed by atoms with Gasteiger partial charge < -0.3 is 9.13 Å². The standard InChI is InChI=1S/C48H32N2/c1-3-15-33(16-4-1)37-29-27-35(49-45-23-11-7-19-39(45)40-20-8-12-24-46(40)49)31-43(37)44-32-36(28-30-38(44)34-17-5-2-6-18-34)50-47-25-13-9-21-41(47)42-22-10-14-26-48(42)50/h1-32H. The van der Waals surface area contributed by atoms with Gasteiger partial charge in [-0.3, -0.25) is 0 Å². The second-order valence-corrected chi connectivity index (χ2v) is 12.9. The highest BCUT2D eigenvalue weighted by atomic mass is 15.0. The van der Waals surface area contributed by atoms with Crippen LogP contribution in [0.15, 0.2) is 194 Å². The molecule has 0 aliphatic heterocycles. The van der Waals surface area contributed by atoms with E-state index in [1.807, 2.05) is 0 Å². The van der Waals surface area contributed by atoms with Gasteiger partial charge in [0.2, 0.25) is 0 Å². The molecular weight excluding hydrogens is 605 g/mol. The minimum absolute atomic E-state index is 1.14. The minimum atomic E-state index is 1.14. The Morgan fingerprint density at radius 1 is 0.240 bits per heavy atom. The zero-order valence-corrected chi connectivity index (χ0v) is 27.4. The second-order valence-electron chi connectivity index (χ2n) is 12.9. The zero-order valence-electron chi connectivity index (χ0n) is 27.4. The van der Waals surface area contributed by atoms with Gasteiger partial charge in [0.05, 0.1) is 22.1 Å². The van der Waals surface area contributed by atoms with Crippen molar-refractivity contribution in [2.75, 3.05) is 0 Å². The van der Waals surface area contributed by atoms with Gasteiger partial charge >= 0.3 is 0 Å². The number of nitrogens with zero attached hydrogens (tertiary/aromatic N) is 2. The highest BCUT2D eigenvalue weighted by Gasteiger charge is 2.19. The summed E-state index contributed by atoms with van der Waals surface area (Å²) in [4.78, 5) is 0. The topological polar surface area (TPSA) is 9.86 Å². The van der Waals surface area contributed by atoms with Crippen LogP contribution in [0.4, 0.5) is 0 Å². The van der Waals surface area contributed by atoms with Gasteiger partial charge in [0, 0.05) is 32.9 Å². The van der Waals surface area contributed by atoms with Crippen molar-refractivity contribution in [1.29, 1.82) is 0 Å². The predicted octanol–water partition coefficient (Wildman–Crippen LogP) is 12.9. The molecule has 8 aromatic carbocycles. The fourth-order valence-electron chi connectivity index (χ4n) is 7.93. The Bertz CT molecular complexity index is 2550. The zero-order chi connectivity index (χ0) is 33.0. The molecule has 0 atom stereocenters. The van der Waals surface area contributed by atoms with Crippen molar-refractivity contribution in [3.8, 4) is 44.8 Å². The summed E-state index contributed by atoms with van der Waals surface area (Å²) in [5.41, 5.74) is 14.3. The Morgan fingerprint density at radius 3 is 0.880 bits per heavy atom. The van der Waals surface area contributed by atoms with Crippen LogP contribution in [0.25, 0.3) is 88.4 Å². The fraction of sp³-hybridized carbons (Fsp3) is 0. The molecule has 0 unspecified atom stereocenters. The Kier molecular flexibility index (Phi) is 6.53. The molecule has 10 rings (SSSR count). The average Bonchev–Trinajstić information content (AvgIpc) is 3.71. The Hall–Kier alpha value is -6.64. The molecule has 0 saturated heterocycles. The van der Waals surface area contributed by atoms with E-state index in [4.69, 9.17) is 0 Å². The maximum absolute atomic E-state index is 2.42. The smallest absolute Gasteiger partial charge is 0.0541 e. The quantitative estimate of drug-likeness (QED) is 0.178. The molecule has 234 valence electrons. The van der Waals surface area contributed by atoms with Gasteiger partial charge in [-0.25, -0.2) is 0 Å². The predicted molar refractivity (Wildman–Crippen MR) is 211 cm³/mol. The van der Waals surface area contributed by atoms with E-state index in [9.17, 15) is 0 Å². The van der Waals surface area contributed by atoms with E-state index in [0.717, 1.165) is 11.4 Å². The van der Waals surface area contributed by atoms with Crippen LogP contribution in [-0.2, 0) is 0 Å². The molecule has 50 heavy (non-hydrogen) atoms. The van der Waals surface area contributed by atoms with Gasteiger partial charge in [0.15, 0.2) is 0 Å². The molecule has 0 N–H and O–H groups in total. The highest BCUT2D eigenvalue weighted by Crippen LogP contribution is 2.43. The van der Waals surface area contributed by atoms with Crippen LogP contribution in [0.5, 0.6) is 0 Å². The largest absolute Gasteiger partial charge is 0.309 e. The SMILES string of the molecule is c1ccc(-c2ccc(-n3c4ccccc4c4ccccc43)cc2-c2cc(-n3c4ccccc4c4ccccc43)ccc2-c2ccccc2)cc1. The minimum Gasteiger partial charge on any atom is -0.309 e. The lowest BCUT2D eigenvalue weighted by Crippen LogP contribution is -1.99. The van der Waals surface area contributed by atoms with Crippen LogP contribution < -0.4 is 0 Å². The Labute approximate surface area is 290 Å². The van der Waals surface area contributed by atoms with Crippen molar-refractivity contribution in [2.24, 2.45) is 0 Å². The molecule has 0 fully saturated rings. The summed E-state index contributed by atoms with van der Waals surface area (Å²) in [6, 6.07) is 70.5. The van der Waals surface area contributed by atoms with E-state index in [2.05, 4.69) is 203 Å². The molecule has 2 heteroatoms. The van der Waals surface area contributed by atoms with Gasteiger partial charge in [-0.1, -0.05) is 146 Å². The first-order chi connectivity index (χ1) is 24.8. The third kappa shape index (κ3) is 4.43. The molecule has 0 bridgehead atoms. The van der Waals surface area contributed by atoms with Crippen LogP contribution in [0.1, 0.15) is 0 Å². The highest BCUT2D eigenvalue weighted by molar-refractivity contribution is 6.10. The van der Waals surface area contributed by atoms with Crippen molar-refractivity contribution in [3.63, 3.8) is 0 Å². The number of hydrogen-bond acceptors (Lipinski definition) is 0. The van der Waals surface area contributed by atoms with E-state index < -0.39 is 0 Å². The maximum atomic E-state index is 2.42. The van der Waals surface area contributed by atoms with E-state index in [1.165, 1.54) is 77.0 Å². The van der Waals surface area contributed by atoms with E-state index in [-0.39, 0.29) is 0 Å². The summed E-state index contributed by atoms with van der Waals surface area (Å²) in [5.74, 6) is 0. The Balaban J connectivity index is 1.30. The van der Waals surface area contributed by atoms with Crippen LogP contribution in [0.3, 0.4) is 0 Å². The first-order valence-corrected chi connectivity index (χ1v) is 17.2. The molecular formula is C48H32N2. The first kappa shape index (κ1) is 28.4. The molecule has 0 spiro atoms. The van der Waals surface area contributed by atoms with Crippen molar-refractivity contribution >= 4 is 43.6 Å².